The average molecular weight is 149 g/mol. The number of amides is 2. The van der Waals surface area contributed by atoms with Gasteiger partial charge >= 0.3 is 0 Å². The molecule has 0 rings (SSSR count). The van der Waals surface area contributed by atoms with E-state index < -0.39 is 0 Å². The van der Waals surface area contributed by atoms with Gasteiger partial charge in [0.1, 0.15) is 4.32 Å². The molecule has 0 unspecified atom stereocenters. The van der Waals surface area contributed by atoms with E-state index in [4.69, 9.17) is 0 Å². The van der Waals surface area contributed by atoms with E-state index in [1.165, 1.54) is 0 Å². The molecule has 0 aliphatic rings. The summed E-state index contributed by atoms with van der Waals surface area (Å²) in [7, 11) is 0. The van der Waals surface area contributed by atoms with Crippen molar-refractivity contribution in [1.82, 2.24) is 4.90 Å². The highest BCUT2D eigenvalue weighted by Gasteiger charge is 1.98. The van der Waals surface area contributed by atoms with Gasteiger partial charge in [0.15, 0.2) is 0 Å². The topological polar surface area (TPSA) is 37.4 Å². The van der Waals surface area contributed by atoms with Crippen molar-refractivity contribution < 1.29 is 9.59 Å². The van der Waals surface area contributed by atoms with E-state index in [0.29, 0.717) is 17.7 Å². The van der Waals surface area contributed by atoms with Crippen LogP contribution in [0.4, 0.5) is 0 Å². The van der Waals surface area contributed by atoms with Gasteiger partial charge in [0.25, 0.3) is 0 Å². The number of carbonyl (C=O) groups is 2. The monoisotopic (exact) mass is 149 g/mol. The molecule has 0 aromatic heterocycles. The Hall–Kier alpha value is -0.420. The quantitative estimate of drug-likeness (QED) is 0.336. The molecule has 0 heterocycles. The van der Waals surface area contributed by atoms with E-state index in [9.17, 15) is 9.59 Å². The number of hydrogen-bond acceptors (Lipinski definition) is 3. The van der Waals surface area contributed by atoms with Crippen LogP contribution in [-0.4, -0.2) is 22.0 Å². The maximum absolute atomic E-state index is 9.74. The zero-order chi connectivity index (χ0) is 6.57. The largest absolute Gasteiger partial charge is 0.278 e. The van der Waals surface area contributed by atoms with E-state index in [0.717, 1.165) is 0 Å². The first kappa shape index (κ1) is 7.58. The Morgan fingerprint density at radius 1 is 1.50 bits per heavy atom. The van der Waals surface area contributed by atoms with Crippen LogP contribution < -0.4 is 0 Å². The van der Waals surface area contributed by atoms with Gasteiger partial charge in [-0.1, -0.05) is 12.2 Å². The first-order valence-corrected chi connectivity index (χ1v) is 2.49. The summed E-state index contributed by atoms with van der Waals surface area (Å²) in [5.41, 5.74) is 0. The van der Waals surface area contributed by atoms with Crippen LogP contribution in [0.2, 0.25) is 0 Å². The minimum absolute atomic E-state index is 0.0463. The van der Waals surface area contributed by atoms with E-state index in [1.54, 1.807) is 0 Å². The smallest absolute Gasteiger partial charge is 0.221 e. The zero-order valence-electron chi connectivity index (χ0n) is 3.77. The normalized spacial score (nSPS) is 7.62. The van der Waals surface area contributed by atoms with Crippen LogP contribution in [0.15, 0.2) is 0 Å². The number of imide groups is 1. The minimum atomic E-state index is -0.0463. The number of hydrogen-bond donors (Lipinski definition) is 1. The van der Waals surface area contributed by atoms with Crippen LogP contribution >= 0.6 is 24.8 Å². The van der Waals surface area contributed by atoms with Gasteiger partial charge in [0.05, 0.1) is 0 Å². The van der Waals surface area contributed by atoms with Crippen LogP contribution in [0.3, 0.4) is 0 Å². The number of rotatable bonds is 2. The predicted octanol–water partition coefficient (Wildman–Crippen LogP) is -0.184. The van der Waals surface area contributed by atoms with Crippen molar-refractivity contribution in [3.8, 4) is 0 Å². The number of nitrogens with zero attached hydrogens (tertiary/aromatic N) is 1. The molecule has 0 fully saturated rings. The molecule has 0 spiro atoms. The standard InChI is InChI=1S/C3H3NO2S2/c5-1-4(2-6)3(7)8/h1-2H,(H,7,8). The molecule has 0 bridgehead atoms. The Balaban J connectivity index is 3.88. The van der Waals surface area contributed by atoms with Gasteiger partial charge in [0.2, 0.25) is 12.8 Å². The summed E-state index contributed by atoms with van der Waals surface area (Å²) in [4.78, 5) is 20.1. The predicted molar refractivity (Wildman–Crippen MR) is 35.6 cm³/mol. The molecule has 0 aromatic rings. The number of carbonyl (C=O) groups excluding carboxylic acids is 2. The second-order valence-electron chi connectivity index (χ2n) is 0.901. The first-order chi connectivity index (χ1) is 3.72. The van der Waals surface area contributed by atoms with E-state index >= 15 is 0 Å². The summed E-state index contributed by atoms with van der Waals surface area (Å²) in [5.74, 6) is 0. The Bertz CT molecular complexity index is 116. The summed E-state index contributed by atoms with van der Waals surface area (Å²) in [5, 5.41) is 0. The van der Waals surface area contributed by atoms with Crippen molar-refractivity contribution in [3.05, 3.63) is 0 Å². The Morgan fingerprint density at radius 2 is 1.88 bits per heavy atom. The third-order valence-corrected chi connectivity index (χ3v) is 0.890. The van der Waals surface area contributed by atoms with E-state index in [1.807, 2.05) is 0 Å². The molecular weight excluding hydrogens is 146 g/mol. The van der Waals surface area contributed by atoms with E-state index in [-0.39, 0.29) is 4.32 Å². The summed E-state index contributed by atoms with van der Waals surface area (Å²) in [6.07, 6.45) is 0.588. The van der Waals surface area contributed by atoms with Crippen molar-refractivity contribution in [2.24, 2.45) is 0 Å². The second-order valence-corrected chi connectivity index (χ2v) is 2.01. The molecular formula is C3H3NO2S2. The fraction of sp³-hybridized carbons (Fsp3) is 0. The van der Waals surface area contributed by atoms with Gasteiger partial charge in [-0.3, -0.25) is 9.59 Å². The fourth-order valence-electron chi connectivity index (χ4n) is 0.115. The lowest BCUT2D eigenvalue weighted by atomic mass is 10.9. The summed E-state index contributed by atoms with van der Waals surface area (Å²) < 4.78 is -0.0463. The van der Waals surface area contributed by atoms with Gasteiger partial charge in [-0.25, -0.2) is 4.90 Å². The molecule has 3 nitrogen and oxygen atoms in total. The van der Waals surface area contributed by atoms with Crippen molar-refractivity contribution in [2.45, 2.75) is 0 Å². The van der Waals surface area contributed by atoms with Gasteiger partial charge in [0, 0.05) is 0 Å². The van der Waals surface area contributed by atoms with Crippen molar-refractivity contribution in [2.75, 3.05) is 0 Å². The highest BCUT2D eigenvalue weighted by atomic mass is 32.1. The Morgan fingerprint density at radius 3 is 1.88 bits per heavy atom. The third kappa shape index (κ3) is 2.04. The number of thiol groups is 1. The maximum Gasteiger partial charge on any atom is 0.221 e. The summed E-state index contributed by atoms with van der Waals surface area (Å²) in [6, 6.07) is 0. The lowest BCUT2D eigenvalue weighted by molar-refractivity contribution is -0.124. The fourth-order valence-corrected chi connectivity index (χ4v) is 0.295. The lowest BCUT2D eigenvalue weighted by Crippen LogP contribution is -2.21. The molecule has 0 saturated carbocycles. The third-order valence-electron chi connectivity index (χ3n) is 0.448. The number of thiocarbonyl (C=S) groups is 1. The molecule has 0 aliphatic heterocycles. The van der Waals surface area contributed by atoms with Crippen LogP contribution in [0.5, 0.6) is 0 Å². The zero-order valence-corrected chi connectivity index (χ0v) is 5.48. The molecule has 0 aliphatic carbocycles. The van der Waals surface area contributed by atoms with Crippen LogP contribution in [-0.2, 0) is 9.59 Å². The second kappa shape index (κ2) is 3.57. The molecule has 0 atom stereocenters. The minimum Gasteiger partial charge on any atom is -0.278 e. The van der Waals surface area contributed by atoms with Gasteiger partial charge < -0.3 is 0 Å². The van der Waals surface area contributed by atoms with Crippen molar-refractivity contribution in [1.29, 1.82) is 0 Å². The molecule has 0 radical (unpaired) electrons. The molecule has 5 heteroatoms. The van der Waals surface area contributed by atoms with E-state index in [2.05, 4.69) is 24.8 Å². The van der Waals surface area contributed by atoms with Crippen molar-refractivity contribution >= 4 is 42.0 Å². The highest BCUT2D eigenvalue weighted by Crippen LogP contribution is 1.86. The Kier molecular flexibility index (Phi) is 3.38. The van der Waals surface area contributed by atoms with Crippen molar-refractivity contribution in [3.63, 3.8) is 0 Å². The molecule has 0 aromatic carbocycles. The van der Waals surface area contributed by atoms with Gasteiger partial charge in [-0.05, 0) is 0 Å². The summed E-state index contributed by atoms with van der Waals surface area (Å²) in [6.45, 7) is 0. The molecule has 0 saturated heterocycles. The maximum atomic E-state index is 9.74. The van der Waals surface area contributed by atoms with Crippen LogP contribution in [0, 0.1) is 0 Å². The summed E-state index contributed by atoms with van der Waals surface area (Å²) >= 11 is 7.89. The molecule has 44 valence electrons. The highest BCUT2D eigenvalue weighted by molar-refractivity contribution is 8.11. The SMILES string of the molecule is O=CN(C=O)C(=S)S. The van der Waals surface area contributed by atoms with Gasteiger partial charge in [-0.2, -0.15) is 0 Å². The molecule has 0 N–H and O–H groups in total. The molecule has 2 amide bonds. The lowest BCUT2D eigenvalue weighted by Gasteiger charge is -2.00. The van der Waals surface area contributed by atoms with Crippen LogP contribution in [0.1, 0.15) is 0 Å². The average Bonchev–Trinajstić information content (AvgIpc) is 1.69. The van der Waals surface area contributed by atoms with Gasteiger partial charge in [-0.15, -0.1) is 12.6 Å². The first-order valence-electron chi connectivity index (χ1n) is 1.64. The molecule has 8 heavy (non-hydrogen) atoms. The Labute approximate surface area is 57.1 Å². The van der Waals surface area contributed by atoms with Crippen LogP contribution in [0.25, 0.3) is 0 Å².